The van der Waals surface area contributed by atoms with Gasteiger partial charge in [0, 0.05) is 17.1 Å². The third kappa shape index (κ3) is 2.93. The number of rotatable bonds is 4. The fourth-order valence-electron chi connectivity index (χ4n) is 1.38. The van der Waals surface area contributed by atoms with E-state index in [1.165, 1.54) is 17.0 Å². The first kappa shape index (κ1) is 12.9. The van der Waals surface area contributed by atoms with Gasteiger partial charge in [-0.05, 0) is 19.1 Å². The van der Waals surface area contributed by atoms with Crippen molar-refractivity contribution in [3.63, 3.8) is 0 Å². The number of nitrogens with two attached hydrogens (primary N) is 1. The lowest BCUT2D eigenvalue weighted by Gasteiger charge is -2.21. The van der Waals surface area contributed by atoms with E-state index in [2.05, 4.69) is 0 Å². The average Bonchev–Trinajstić information content (AvgIpc) is 2.28. The fraction of sp³-hybridized carbons (Fsp3) is 0.364. The molecule has 0 bridgehead atoms. The Kier molecular flexibility index (Phi) is 4.71. The third-order valence-corrected chi connectivity index (χ3v) is 2.67. The first-order valence-electron chi connectivity index (χ1n) is 5.00. The van der Waals surface area contributed by atoms with Crippen molar-refractivity contribution in [1.82, 2.24) is 4.90 Å². The second-order valence-electron chi connectivity index (χ2n) is 3.31. The molecule has 0 aliphatic rings. The van der Waals surface area contributed by atoms with Crippen LogP contribution in [-0.2, 0) is 11.3 Å². The van der Waals surface area contributed by atoms with Gasteiger partial charge < -0.3 is 10.6 Å². The Morgan fingerprint density at radius 2 is 2.25 bits per heavy atom. The normalized spacial score (nSPS) is 10.2. The van der Waals surface area contributed by atoms with E-state index in [1.807, 2.05) is 6.92 Å². The molecular formula is C11H14ClFN2O. The minimum absolute atomic E-state index is 0.0834. The van der Waals surface area contributed by atoms with E-state index >= 15 is 0 Å². The molecule has 3 nitrogen and oxygen atoms in total. The zero-order valence-electron chi connectivity index (χ0n) is 9.04. The van der Waals surface area contributed by atoms with Crippen molar-refractivity contribution in [2.24, 2.45) is 5.73 Å². The van der Waals surface area contributed by atoms with Crippen LogP contribution in [0.5, 0.6) is 0 Å². The van der Waals surface area contributed by atoms with E-state index in [-0.39, 0.29) is 19.0 Å². The van der Waals surface area contributed by atoms with Crippen LogP contribution in [0.4, 0.5) is 4.39 Å². The summed E-state index contributed by atoms with van der Waals surface area (Å²) in [7, 11) is 0. The number of nitrogens with zero attached hydrogens (tertiary/aromatic N) is 1. The van der Waals surface area contributed by atoms with Gasteiger partial charge in [-0.1, -0.05) is 17.7 Å². The number of hydrogen-bond donors (Lipinski definition) is 1. The predicted molar refractivity (Wildman–Crippen MR) is 61.6 cm³/mol. The standard InChI is InChI=1S/C11H14ClFN2O/c1-2-15(11(16)6-14)7-8-9(12)4-3-5-10(8)13/h3-5H,2,6-7,14H2,1H3. The van der Waals surface area contributed by atoms with Crippen molar-refractivity contribution in [1.29, 1.82) is 0 Å². The van der Waals surface area contributed by atoms with Crippen LogP contribution in [0.3, 0.4) is 0 Å². The summed E-state index contributed by atoms with van der Waals surface area (Å²) in [6.07, 6.45) is 0. The minimum Gasteiger partial charge on any atom is -0.337 e. The molecule has 0 unspecified atom stereocenters. The van der Waals surface area contributed by atoms with Crippen LogP contribution in [0.15, 0.2) is 18.2 Å². The van der Waals surface area contributed by atoms with Crippen LogP contribution in [0.25, 0.3) is 0 Å². The topological polar surface area (TPSA) is 46.3 Å². The van der Waals surface area contributed by atoms with Gasteiger partial charge in [0.15, 0.2) is 0 Å². The van der Waals surface area contributed by atoms with E-state index < -0.39 is 5.82 Å². The summed E-state index contributed by atoms with van der Waals surface area (Å²) in [6.45, 7) is 2.35. The number of carbonyl (C=O) groups excluding carboxylic acids is 1. The van der Waals surface area contributed by atoms with E-state index in [0.29, 0.717) is 17.1 Å². The monoisotopic (exact) mass is 244 g/mol. The molecule has 0 radical (unpaired) electrons. The molecular weight excluding hydrogens is 231 g/mol. The van der Waals surface area contributed by atoms with Gasteiger partial charge >= 0.3 is 0 Å². The molecule has 0 saturated carbocycles. The Morgan fingerprint density at radius 1 is 1.56 bits per heavy atom. The summed E-state index contributed by atoms with van der Waals surface area (Å²) >= 11 is 5.87. The summed E-state index contributed by atoms with van der Waals surface area (Å²) in [5, 5.41) is 0.322. The number of hydrogen-bond acceptors (Lipinski definition) is 2. The lowest BCUT2D eigenvalue weighted by atomic mass is 10.2. The zero-order valence-corrected chi connectivity index (χ0v) is 9.80. The Hall–Kier alpha value is -1.13. The third-order valence-electron chi connectivity index (χ3n) is 2.32. The lowest BCUT2D eigenvalue weighted by Crippen LogP contribution is -2.35. The molecule has 0 fully saturated rings. The molecule has 88 valence electrons. The van der Waals surface area contributed by atoms with Crippen LogP contribution in [-0.4, -0.2) is 23.9 Å². The molecule has 16 heavy (non-hydrogen) atoms. The highest BCUT2D eigenvalue weighted by molar-refractivity contribution is 6.31. The van der Waals surface area contributed by atoms with Gasteiger partial charge in [0.1, 0.15) is 5.82 Å². The second-order valence-corrected chi connectivity index (χ2v) is 3.72. The molecule has 0 atom stereocenters. The summed E-state index contributed by atoms with van der Waals surface area (Å²) in [5.41, 5.74) is 5.59. The van der Waals surface area contributed by atoms with Gasteiger partial charge in [0.05, 0.1) is 13.1 Å². The van der Waals surface area contributed by atoms with Crippen molar-refractivity contribution in [3.05, 3.63) is 34.6 Å². The van der Waals surface area contributed by atoms with Crippen molar-refractivity contribution >= 4 is 17.5 Å². The van der Waals surface area contributed by atoms with Gasteiger partial charge in [-0.25, -0.2) is 4.39 Å². The zero-order chi connectivity index (χ0) is 12.1. The molecule has 0 saturated heterocycles. The maximum absolute atomic E-state index is 13.5. The SMILES string of the molecule is CCN(Cc1c(F)cccc1Cl)C(=O)CN. The molecule has 1 aromatic carbocycles. The highest BCUT2D eigenvalue weighted by atomic mass is 35.5. The molecule has 1 rings (SSSR count). The number of carbonyl (C=O) groups is 1. The number of likely N-dealkylation sites (N-methyl/N-ethyl adjacent to an activating group) is 1. The first-order valence-corrected chi connectivity index (χ1v) is 5.38. The summed E-state index contributed by atoms with van der Waals surface area (Å²) in [4.78, 5) is 12.9. The smallest absolute Gasteiger partial charge is 0.236 e. The molecule has 5 heteroatoms. The molecule has 0 heterocycles. The van der Waals surface area contributed by atoms with Gasteiger partial charge in [-0.15, -0.1) is 0 Å². The van der Waals surface area contributed by atoms with E-state index in [9.17, 15) is 9.18 Å². The second kappa shape index (κ2) is 5.82. The van der Waals surface area contributed by atoms with Gasteiger partial charge in [0.25, 0.3) is 0 Å². The van der Waals surface area contributed by atoms with Crippen LogP contribution in [0, 0.1) is 5.82 Å². The first-order chi connectivity index (χ1) is 7.60. The number of halogens is 2. The quantitative estimate of drug-likeness (QED) is 0.878. The maximum Gasteiger partial charge on any atom is 0.236 e. The minimum atomic E-state index is -0.407. The van der Waals surface area contributed by atoms with Gasteiger partial charge in [-0.2, -0.15) is 0 Å². The Balaban J connectivity index is 2.90. The number of benzene rings is 1. The molecule has 0 aliphatic heterocycles. The Labute approximate surface area is 99.0 Å². The fourth-order valence-corrected chi connectivity index (χ4v) is 1.60. The largest absolute Gasteiger partial charge is 0.337 e. The highest BCUT2D eigenvalue weighted by Crippen LogP contribution is 2.20. The summed E-state index contributed by atoms with van der Waals surface area (Å²) < 4.78 is 13.5. The van der Waals surface area contributed by atoms with Crippen molar-refractivity contribution in [3.8, 4) is 0 Å². The van der Waals surface area contributed by atoms with Crippen LogP contribution in [0.1, 0.15) is 12.5 Å². The Morgan fingerprint density at radius 3 is 2.75 bits per heavy atom. The van der Waals surface area contributed by atoms with E-state index in [0.717, 1.165) is 0 Å². The van der Waals surface area contributed by atoms with E-state index in [1.54, 1.807) is 6.07 Å². The number of amides is 1. The molecule has 0 aromatic heterocycles. The summed E-state index contributed by atoms with van der Waals surface area (Å²) in [6, 6.07) is 4.45. The average molecular weight is 245 g/mol. The lowest BCUT2D eigenvalue weighted by molar-refractivity contribution is -0.130. The van der Waals surface area contributed by atoms with Gasteiger partial charge in [0.2, 0.25) is 5.91 Å². The van der Waals surface area contributed by atoms with Crippen molar-refractivity contribution in [2.45, 2.75) is 13.5 Å². The molecule has 1 amide bonds. The summed E-state index contributed by atoms with van der Waals surface area (Å²) in [5.74, 6) is -0.627. The van der Waals surface area contributed by atoms with E-state index in [4.69, 9.17) is 17.3 Å². The van der Waals surface area contributed by atoms with Crippen molar-refractivity contribution < 1.29 is 9.18 Å². The maximum atomic E-state index is 13.5. The molecule has 0 aliphatic carbocycles. The van der Waals surface area contributed by atoms with Crippen LogP contribution < -0.4 is 5.73 Å². The van der Waals surface area contributed by atoms with Crippen molar-refractivity contribution in [2.75, 3.05) is 13.1 Å². The van der Waals surface area contributed by atoms with Gasteiger partial charge in [-0.3, -0.25) is 4.79 Å². The Bertz CT molecular complexity index is 364. The van der Waals surface area contributed by atoms with Crippen LogP contribution >= 0.6 is 11.6 Å². The highest BCUT2D eigenvalue weighted by Gasteiger charge is 2.14. The molecule has 0 spiro atoms. The van der Waals surface area contributed by atoms with Crippen LogP contribution in [0.2, 0.25) is 5.02 Å². The predicted octanol–water partition coefficient (Wildman–Crippen LogP) is 1.79. The molecule has 1 aromatic rings. The molecule has 2 N–H and O–H groups in total.